The number of allylic oxidation sites excluding steroid dienone is 4. The highest BCUT2D eigenvalue weighted by Crippen LogP contribution is 2.48. The maximum atomic E-state index is 12.8. The summed E-state index contributed by atoms with van der Waals surface area (Å²) in [6.45, 7) is 0.133. The topological polar surface area (TPSA) is 61.8 Å². The Labute approximate surface area is 164 Å². The van der Waals surface area contributed by atoms with Gasteiger partial charge in [-0.1, -0.05) is 12.0 Å². The van der Waals surface area contributed by atoms with E-state index >= 15 is 0 Å². The zero-order valence-electron chi connectivity index (χ0n) is 15.9. The third kappa shape index (κ3) is 3.09. The summed E-state index contributed by atoms with van der Waals surface area (Å²) in [4.78, 5) is 25.6. The second-order valence-corrected chi connectivity index (χ2v) is 7.17. The van der Waals surface area contributed by atoms with Crippen LogP contribution in [0.2, 0.25) is 0 Å². The fourth-order valence-electron chi connectivity index (χ4n) is 4.25. The highest BCUT2D eigenvalue weighted by molar-refractivity contribution is 6.05. The number of hydrogen-bond donors (Lipinski definition) is 0. The minimum atomic E-state index is -0.407. The summed E-state index contributed by atoms with van der Waals surface area (Å²) in [5.41, 5.74) is 2.08. The van der Waals surface area contributed by atoms with Crippen LogP contribution in [0.1, 0.15) is 50.0 Å². The number of terminal acetylenes is 1. The molecule has 0 N–H and O–H groups in total. The van der Waals surface area contributed by atoms with Crippen LogP contribution in [0.15, 0.2) is 40.9 Å². The van der Waals surface area contributed by atoms with Gasteiger partial charge in [-0.2, -0.15) is 0 Å². The number of ether oxygens (including phenoxy) is 3. The molecule has 3 aliphatic rings. The quantitative estimate of drug-likeness (QED) is 0.745. The van der Waals surface area contributed by atoms with Gasteiger partial charge in [0.25, 0.3) is 0 Å². The Morgan fingerprint density at radius 3 is 2.25 bits per heavy atom. The first-order valence-electron chi connectivity index (χ1n) is 9.58. The Bertz CT molecular complexity index is 902. The molecule has 2 aliphatic carbocycles. The molecular formula is C23H22O5. The van der Waals surface area contributed by atoms with Gasteiger partial charge in [0.2, 0.25) is 0 Å². The molecule has 1 aromatic carbocycles. The first kappa shape index (κ1) is 18.4. The van der Waals surface area contributed by atoms with E-state index in [0.29, 0.717) is 35.5 Å². The van der Waals surface area contributed by atoms with Crippen LogP contribution in [-0.2, 0) is 14.3 Å². The van der Waals surface area contributed by atoms with Crippen molar-refractivity contribution in [2.45, 2.75) is 44.4 Å². The summed E-state index contributed by atoms with van der Waals surface area (Å²) in [6, 6.07) is 5.49. The minimum Gasteiger partial charge on any atom is -0.493 e. The van der Waals surface area contributed by atoms with Crippen LogP contribution in [0.5, 0.6) is 11.5 Å². The summed E-state index contributed by atoms with van der Waals surface area (Å²) in [7, 11) is 1.55. The van der Waals surface area contributed by atoms with Crippen LogP contribution in [0.25, 0.3) is 0 Å². The second kappa shape index (κ2) is 7.55. The van der Waals surface area contributed by atoms with E-state index in [2.05, 4.69) is 5.92 Å². The van der Waals surface area contributed by atoms with Crippen LogP contribution in [0.4, 0.5) is 0 Å². The van der Waals surface area contributed by atoms with E-state index in [9.17, 15) is 9.59 Å². The largest absolute Gasteiger partial charge is 0.493 e. The third-order valence-corrected chi connectivity index (χ3v) is 5.47. The number of rotatable bonds is 4. The predicted molar refractivity (Wildman–Crippen MR) is 103 cm³/mol. The molecule has 28 heavy (non-hydrogen) atoms. The molecule has 5 nitrogen and oxygen atoms in total. The Morgan fingerprint density at radius 2 is 1.68 bits per heavy atom. The van der Waals surface area contributed by atoms with E-state index < -0.39 is 5.92 Å². The fourth-order valence-corrected chi connectivity index (χ4v) is 4.25. The minimum absolute atomic E-state index is 0.0581. The van der Waals surface area contributed by atoms with Crippen molar-refractivity contribution in [3.8, 4) is 23.8 Å². The van der Waals surface area contributed by atoms with Crippen LogP contribution in [-0.4, -0.2) is 25.3 Å². The van der Waals surface area contributed by atoms with E-state index in [4.69, 9.17) is 20.6 Å². The lowest BCUT2D eigenvalue weighted by Gasteiger charge is -2.36. The normalized spacial score (nSPS) is 19.6. The maximum Gasteiger partial charge on any atom is 0.163 e. The summed E-state index contributed by atoms with van der Waals surface area (Å²) in [5.74, 6) is 4.64. The first-order valence-corrected chi connectivity index (χ1v) is 9.58. The molecule has 0 saturated heterocycles. The molecule has 0 fully saturated rings. The van der Waals surface area contributed by atoms with Gasteiger partial charge in [-0.05, 0) is 30.5 Å². The van der Waals surface area contributed by atoms with Crippen molar-refractivity contribution in [1.82, 2.24) is 0 Å². The van der Waals surface area contributed by atoms with Gasteiger partial charge in [0, 0.05) is 42.7 Å². The van der Waals surface area contributed by atoms with Crippen molar-refractivity contribution in [1.29, 1.82) is 0 Å². The van der Waals surface area contributed by atoms with Gasteiger partial charge in [0.15, 0.2) is 23.1 Å². The summed E-state index contributed by atoms with van der Waals surface area (Å²) in [5, 5.41) is 0. The van der Waals surface area contributed by atoms with E-state index in [-0.39, 0.29) is 18.2 Å². The molecule has 4 rings (SSSR count). The van der Waals surface area contributed by atoms with Crippen LogP contribution >= 0.6 is 0 Å². The number of benzene rings is 1. The molecule has 0 unspecified atom stereocenters. The van der Waals surface area contributed by atoms with Crippen LogP contribution in [0, 0.1) is 12.3 Å². The number of Topliss-reactive ketones (excluding diaryl/α,β-unsaturated/α-hetero) is 2. The average Bonchev–Trinajstić information content (AvgIpc) is 2.71. The number of carbonyl (C=O) groups is 2. The van der Waals surface area contributed by atoms with Crippen molar-refractivity contribution in [3.05, 3.63) is 46.4 Å². The fraction of sp³-hybridized carbons (Fsp3) is 0.391. The lowest BCUT2D eigenvalue weighted by Crippen LogP contribution is -2.30. The van der Waals surface area contributed by atoms with Crippen molar-refractivity contribution in [2.24, 2.45) is 0 Å². The highest BCUT2D eigenvalue weighted by atomic mass is 16.5. The van der Waals surface area contributed by atoms with E-state index in [1.807, 2.05) is 12.1 Å². The van der Waals surface area contributed by atoms with Crippen molar-refractivity contribution >= 4 is 11.6 Å². The van der Waals surface area contributed by atoms with Gasteiger partial charge in [0.05, 0.1) is 7.11 Å². The number of carbonyl (C=O) groups excluding carboxylic acids is 2. The second-order valence-electron chi connectivity index (χ2n) is 7.17. The molecule has 1 aliphatic heterocycles. The first-order chi connectivity index (χ1) is 13.6. The number of hydrogen-bond acceptors (Lipinski definition) is 5. The highest BCUT2D eigenvalue weighted by Gasteiger charge is 2.41. The monoisotopic (exact) mass is 378 g/mol. The molecule has 0 bridgehead atoms. The Morgan fingerprint density at radius 1 is 1.04 bits per heavy atom. The van der Waals surface area contributed by atoms with Gasteiger partial charge >= 0.3 is 0 Å². The van der Waals surface area contributed by atoms with Gasteiger partial charge in [-0.25, -0.2) is 0 Å². The molecule has 144 valence electrons. The van der Waals surface area contributed by atoms with Crippen molar-refractivity contribution < 1.29 is 23.8 Å². The molecule has 1 aromatic rings. The predicted octanol–water partition coefficient (Wildman–Crippen LogP) is 3.84. The SMILES string of the molecule is C#CCOc1ccc(C2C3=C(CCCC3=O)OC3=C2C(=O)CCC3)cc1OC. The molecule has 0 radical (unpaired) electrons. The van der Waals surface area contributed by atoms with Crippen LogP contribution in [0.3, 0.4) is 0 Å². The lowest BCUT2D eigenvalue weighted by atomic mass is 9.73. The average molecular weight is 378 g/mol. The zero-order valence-corrected chi connectivity index (χ0v) is 15.9. The smallest absolute Gasteiger partial charge is 0.163 e. The van der Waals surface area contributed by atoms with Gasteiger partial charge in [-0.15, -0.1) is 6.42 Å². The maximum absolute atomic E-state index is 12.8. The van der Waals surface area contributed by atoms with Gasteiger partial charge < -0.3 is 14.2 Å². The van der Waals surface area contributed by atoms with E-state index in [1.54, 1.807) is 13.2 Å². The molecule has 0 saturated carbocycles. The lowest BCUT2D eigenvalue weighted by molar-refractivity contribution is -0.117. The Kier molecular flexibility index (Phi) is 4.95. The van der Waals surface area contributed by atoms with E-state index in [1.165, 1.54) is 0 Å². The molecule has 0 atom stereocenters. The number of ketones is 2. The summed E-state index contributed by atoms with van der Waals surface area (Å²) >= 11 is 0. The third-order valence-electron chi connectivity index (χ3n) is 5.47. The Hall–Kier alpha value is -3.00. The van der Waals surface area contributed by atoms with Gasteiger partial charge in [-0.3, -0.25) is 9.59 Å². The summed E-state index contributed by atoms with van der Waals surface area (Å²) < 4.78 is 17.1. The number of methoxy groups -OCH3 is 1. The summed E-state index contributed by atoms with van der Waals surface area (Å²) in [6.07, 6.45) is 9.25. The zero-order chi connectivity index (χ0) is 19.7. The van der Waals surface area contributed by atoms with Gasteiger partial charge in [0.1, 0.15) is 18.1 Å². The standard InChI is InChI=1S/C23H22O5/c1-3-12-27-17-11-10-14(13-20(17)26-2)21-22-15(24)6-4-8-18(22)28-19-9-5-7-16(25)23(19)21/h1,10-11,13,21H,4-9,12H2,2H3. The van der Waals surface area contributed by atoms with E-state index in [0.717, 1.165) is 42.8 Å². The molecule has 0 spiro atoms. The molecular weight excluding hydrogens is 356 g/mol. The molecule has 0 amide bonds. The molecule has 0 aromatic heterocycles. The van der Waals surface area contributed by atoms with Crippen LogP contribution < -0.4 is 9.47 Å². The Balaban J connectivity index is 1.84. The molecule has 1 heterocycles. The molecule has 5 heteroatoms. The van der Waals surface area contributed by atoms with Crippen molar-refractivity contribution in [2.75, 3.05) is 13.7 Å². The van der Waals surface area contributed by atoms with Crippen molar-refractivity contribution in [3.63, 3.8) is 0 Å².